The van der Waals surface area contributed by atoms with Crippen molar-refractivity contribution >= 4 is 0 Å². The molecule has 0 aromatic heterocycles. The van der Waals surface area contributed by atoms with Crippen LogP contribution in [0, 0.1) is 0 Å². The predicted octanol–water partition coefficient (Wildman–Crippen LogP) is 2.88. The topological polar surface area (TPSA) is 9.23 Å². The van der Waals surface area contributed by atoms with E-state index in [-0.39, 0.29) is 6.08 Å². The molecule has 0 N–H and O–H groups in total. The minimum atomic E-state index is -4.26. The molecule has 0 radical (unpaired) electrons. The third-order valence-electron chi connectivity index (χ3n) is 0.969. The Hall–Kier alpha value is -0.670. The average molecular weight is 168 g/mol. The first-order valence-corrected chi connectivity index (χ1v) is 3.42. The normalized spacial score (nSPS) is 12.4. The molecule has 0 atom stereocenters. The van der Waals surface area contributed by atoms with Gasteiger partial charge < -0.3 is 4.74 Å². The second kappa shape index (κ2) is 5.04. The van der Waals surface area contributed by atoms with Crippen LogP contribution >= 0.6 is 0 Å². The van der Waals surface area contributed by atoms with Crippen molar-refractivity contribution < 1.29 is 17.9 Å². The molecule has 0 saturated carbocycles. The maximum atomic E-state index is 11.4. The Morgan fingerprint density at radius 2 is 2.00 bits per heavy atom. The summed E-state index contributed by atoms with van der Waals surface area (Å²) >= 11 is 0. The van der Waals surface area contributed by atoms with Crippen molar-refractivity contribution in [2.24, 2.45) is 0 Å². The molecule has 0 rings (SSSR count). The molecule has 0 unspecified atom stereocenters. The zero-order valence-corrected chi connectivity index (χ0v) is 6.32. The van der Waals surface area contributed by atoms with E-state index in [0.29, 0.717) is 12.9 Å². The number of halogens is 3. The molecule has 4 heteroatoms. The molecule has 0 aromatic rings. The van der Waals surface area contributed by atoms with Crippen molar-refractivity contribution in [2.75, 3.05) is 6.61 Å². The van der Waals surface area contributed by atoms with E-state index in [4.69, 9.17) is 0 Å². The lowest BCUT2D eigenvalue weighted by atomic mass is 10.4. The van der Waals surface area contributed by atoms with Crippen LogP contribution in [0.4, 0.5) is 13.2 Å². The lowest BCUT2D eigenvalue weighted by molar-refractivity contribution is -0.0816. The van der Waals surface area contributed by atoms with Crippen molar-refractivity contribution in [2.45, 2.75) is 25.9 Å². The van der Waals surface area contributed by atoms with Crippen molar-refractivity contribution in [3.63, 3.8) is 0 Å². The molecule has 1 nitrogen and oxygen atoms in total. The van der Waals surface area contributed by atoms with Gasteiger partial charge in [0.25, 0.3) is 0 Å². The van der Waals surface area contributed by atoms with E-state index in [0.717, 1.165) is 12.8 Å². The molecule has 0 amide bonds. The summed E-state index contributed by atoms with van der Waals surface area (Å²) in [6, 6.07) is 0. The largest absolute Gasteiger partial charge is 0.501 e. The van der Waals surface area contributed by atoms with Crippen molar-refractivity contribution in [3.05, 3.63) is 12.3 Å². The van der Waals surface area contributed by atoms with Crippen LogP contribution in [0.2, 0.25) is 0 Å². The molecule has 0 aliphatic rings. The van der Waals surface area contributed by atoms with Gasteiger partial charge in [0, 0.05) is 0 Å². The Morgan fingerprint density at radius 1 is 1.36 bits per heavy atom. The summed E-state index contributed by atoms with van der Waals surface area (Å²) in [5.41, 5.74) is 0. The molecule has 0 spiro atoms. The van der Waals surface area contributed by atoms with Gasteiger partial charge >= 0.3 is 6.18 Å². The molecule has 0 bridgehead atoms. The predicted molar refractivity (Wildman–Crippen MR) is 36.1 cm³/mol. The lowest BCUT2D eigenvalue weighted by Gasteiger charge is -1.99. The molecule has 0 aliphatic carbocycles. The van der Waals surface area contributed by atoms with Crippen molar-refractivity contribution in [1.82, 2.24) is 0 Å². The summed E-state index contributed by atoms with van der Waals surface area (Å²) in [5, 5.41) is 0. The molecule has 11 heavy (non-hydrogen) atoms. The Balaban J connectivity index is 3.30. The SMILES string of the molecule is CCCCO/C=C\C(F)(F)F. The summed E-state index contributed by atoms with van der Waals surface area (Å²) in [6.45, 7) is 2.29. The van der Waals surface area contributed by atoms with Crippen LogP contribution < -0.4 is 0 Å². The second-order valence-corrected chi connectivity index (χ2v) is 2.07. The van der Waals surface area contributed by atoms with Crippen LogP contribution in [-0.4, -0.2) is 12.8 Å². The van der Waals surface area contributed by atoms with E-state index in [1.54, 1.807) is 0 Å². The highest BCUT2D eigenvalue weighted by Gasteiger charge is 2.22. The number of allylic oxidation sites excluding steroid dienone is 1. The quantitative estimate of drug-likeness (QED) is 0.463. The highest BCUT2D eigenvalue weighted by molar-refractivity contribution is 4.82. The molecule has 0 saturated heterocycles. The number of rotatable bonds is 4. The van der Waals surface area contributed by atoms with Gasteiger partial charge in [-0.3, -0.25) is 0 Å². The summed E-state index contributed by atoms with van der Waals surface area (Å²) in [4.78, 5) is 0. The van der Waals surface area contributed by atoms with E-state index in [1.165, 1.54) is 0 Å². The van der Waals surface area contributed by atoms with E-state index in [9.17, 15) is 13.2 Å². The van der Waals surface area contributed by atoms with Crippen LogP contribution in [0.5, 0.6) is 0 Å². The lowest BCUT2D eigenvalue weighted by Crippen LogP contribution is -2.01. The molecule has 0 aromatic carbocycles. The third-order valence-corrected chi connectivity index (χ3v) is 0.969. The smallest absolute Gasteiger partial charge is 0.412 e. The van der Waals surface area contributed by atoms with Crippen LogP contribution in [0.3, 0.4) is 0 Å². The Bertz CT molecular complexity index is 117. The maximum absolute atomic E-state index is 11.4. The van der Waals surface area contributed by atoms with Crippen LogP contribution in [0.25, 0.3) is 0 Å². The van der Waals surface area contributed by atoms with E-state index < -0.39 is 6.18 Å². The van der Waals surface area contributed by atoms with Gasteiger partial charge in [0.1, 0.15) is 0 Å². The highest BCUT2D eigenvalue weighted by atomic mass is 19.4. The standard InChI is InChI=1S/C7H11F3O/c1-2-3-5-11-6-4-7(8,9)10/h4,6H,2-3,5H2,1H3/b6-4-. The van der Waals surface area contributed by atoms with Gasteiger partial charge in [-0.25, -0.2) is 0 Å². The van der Waals surface area contributed by atoms with Gasteiger partial charge in [0.05, 0.1) is 18.9 Å². The molecular weight excluding hydrogens is 157 g/mol. The van der Waals surface area contributed by atoms with Gasteiger partial charge in [-0.2, -0.15) is 13.2 Å². The maximum Gasteiger partial charge on any atom is 0.412 e. The fourth-order valence-corrected chi connectivity index (χ4v) is 0.421. The summed E-state index contributed by atoms with van der Waals surface area (Å²) in [6.07, 6.45) is -1.79. The van der Waals surface area contributed by atoms with Gasteiger partial charge in [-0.05, 0) is 6.42 Å². The van der Waals surface area contributed by atoms with Gasteiger partial charge in [-0.15, -0.1) is 0 Å². The minimum Gasteiger partial charge on any atom is -0.501 e. The van der Waals surface area contributed by atoms with Gasteiger partial charge in [-0.1, -0.05) is 13.3 Å². The van der Waals surface area contributed by atoms with Gasteiger partial charge in [0.2, 0.25) is 0 Å². The Morgan fingerprint density at radius 3 is 2.45 bits per heavy atom. The summed E-state index contributed by atoms with van der Waals surface area (Å²) in [5.74, 6) is 0. The zero-order chi connectivity index (χ0) is 8.74. The minimum absolute atomic E-state index is 0.0860. The van der Waals surface area contributed by atoms with E-state index in [1.807, 2.05) is 6.92 Å². The molecule has 0 aliphatic heterocycles. The van der Waals surface area contributed by atoms with E-state index in [2.05, 4.69) is 4.74 Å². The fourth-order valence-electron chi connectivity index (χ4n) is 0.421. The fraction of sp³-hybridized carbons (Fsp3) is 0.714. The third kappa shape index (κ3) is 9.33. The van der Waals surface area contributed by atoms with Crippen molar-refractivity contribution in [1.29, 1.82) is 0 Å². The van der Waals surface area contributed by atoms with Gasteiger partial charge in [0.15, 0.2) is 0 Å². The number of hydrogen-bond acceptors (Lipinski definition) is 1. The first-order valence-electron chi connectivity index (χ1n) is 3.42. The summed E-state index contributed by atoms with van der Waals surface area (Å²) < 4.78 is 38.7. The number of unbranched alkanes of at least 4 members (excludes halogenated alkanes) is 1. The Kier molecular flexibility index (Phi) is 4.74. The summed E-state index contributed by atoms with van der Waals surface area (Å²) in [7, 11) is 0. The zero-order valence-electron chi connectivity index (χ0n) is 6.32. The number of hydrogen-bond donors (Lipinski definition) is 0. The first kappa shape index (κ1) is 10.3. The first-order chi connectivity index (χ1) is 5.06. The number of ether oxygens (including phenoxy) is 1. The Labute approximate surface area is 63.8 Å². The van der Waals surface area contributed by atoms with Crippen LogP contribution in [0.15, 0.2) is 12.3 Å². The molecule has 0 heterocycles. The number of alkyl halides is 3. The molecule has 0 fully saturated rings. The molecule has 66 valence electrons. The van der Waals surface area contributed by atoms with E-state index >= 15 is 0 Å². The second-order valence-electron chi connectivity index (χ2n) is 2.07. The van der Waals surface area contributed by atoms with Crippen molar-refractivity contribution in [3.8, 4) is 0 Å². The highest BCUT2D eigenvalue weighted by Crippen LogP contribution is 2.15. The molecular formula is C7H11F3O. The average Bonchev–Trinajstić information content (AvgIpc) is 1.85. The monoisotopic (exact) mass is 168 g/mol. The van der Waals surface area contributed by atoms with Crippen LogP contribution in [-0.2, 0) is 4.74 Å². The van der Waals surface area contributed by atoms with Crippen LogP contribution in [0.1, 0.15) is 19.8 Å².